The number of amides is 2. The number of benzene rings is 4. The van der Waals surface area contributed by atoms with E-state index < -0.39 is 11.2 Å². The molecule has 0 spiro atoms. The van der Waals surface area contributed by atoms with Crippen molar-refractivity contribution in [1.29, 1.82) is 0 Å². The summed E-state index contributed by atoms with van der Waals surface area (Å²) in [6.45, 7) is 0. The molecule has 0 bridgehead atoms. The molecule has 0 aromatic heterocycles. The van der Waals surface area contributed by atoms with Crippen LogP contribution in [0.1, 0.15) is 31.5 Å². The molecule has 186 valence electrons. The van der Waals surface area contributed by atoms with E-state index in [2.05, 4.69) is 10.6 Å². The molecule has 0 saturated heterocycles. The van der Waals surface area contributed by atoms with Crippen molar-refractivity contribution in [2.24, 2.45) is 0 Å². The van der Waals surface area contributed by atoms with Gasteiger partial charge in [-0.2, -0.15) is 0 Å². The smallest absolute Gasteiger partial charge is 0.337 e. The Bertz CT molecular complexity index is 1450. The molecule has 0 saturated carbocycles. The predicted molar refractivity (Wildman–Crippen MR) is 148 cm³/mol. The molecule has 3 N–H and O–H groups in total. The van der Waals surface area contributed by atoms with Gasteiger partial charge in [-0.05, 0) is 66.2 Å². The van der Waals surface area contributed by atoms with Crippen LogP contribution >= 0.6 is 35.0 Å². The summed E-state index contributed by atoms with van der Waals surface area (Å²) in [5.74, 6) is -1.79. The van der Waals surface area contributed by atoms with E-state index in [9.17, 15) is 19.5 Å². The van der Waals surface area contributed by atoms with Crippen molar-refractivity contribution in [1.82, 2.24) is 0 Å². The fourth-order valence-electron chi connectivity index (χ4n) is 3.46. The maximum atomic E-state index is 13.3. The minimum atomic E-state index is -1.18. The van der Waals surface area contributed by atoms with Crippen molar-refractivity contribution in [3.63, 3.8) is 0 Å². The van der Waals surface area contributed by atoms with E-state index in [1.54, 1.807) is 42.5 Å². The lowest BCUT2D eigenvalue weighted by Crippen LogP contribution is -2.19. The Hall–Kier alpha value is -3.78. The summed E-state index contributed by atoms with van der Waals surface area (Å²) >= 11 is 13.2. The maximum absolute atomic E-state index is 13.3. The van der Waals surface area contributed by atoms with E-state index >= 15 is 0 Å². The highest BCUT2D eigenvalue weighted by Crippen LogP contribution is 2.37. The largest absolute Gasteiger partial charge is 0.478 e. The lowest BCUT2D eigenvalue weighted by molar-refractivity contribution is -0.115. The first kappa shape index (κ1) is 26.3. The number of carboxylic acid groups (broad SMARTS) is 1. The molecular weight excluding hydrogens is 531 g/mol. The van der Waals surface area contributed by atoms with Crippen LogP contribution in [0.3, 0.4) is 0 Å². The van der Waals surface area contributed by atoms with Crippen LogP contribution in [0.2, 0.25) is 10.0 Å². The molecule has 6 nitrogen and oxygen atoms in total. The third-order valence-corrected chi connectivity index (χ3v) is 7.09. The van der Waals surface area contributed by atoms with Gasteiger partial charge in [-0.1, -0.05) is 59.6 Å². The predicted octanol–water partition coefficient (Wildman–Crippen LogP) is 7.42. The molecule has 1 unspecified atom stereocenters. The topological polar surface area (TPSA) is 95.5 Å². The summed E-state index contributed by atoms with van der Waals surface area (Å²) in [5, 5.41) is 14.9. The Kier molecular flexibility index (Phi) is 8.50. The molecule has 4 aromatic carbocycles. The Labute approximate surface area is 227 Å². The standard InChI is InChI=1S/C28H20Cl2N2O4S/c29-19-8-4-7-18(15-19)26(33)31-20-9-12-22(13-10-20)37-25(17-5-2-1-3-6-17)27(34)32-21-11-14-24(30)23(16-21)28(35)36/h1-16,25H,(H,31,33)(H,32,34)(H,35,36). The van der Waals surface area contributed by atoms with Crippen molar-refractivity contribution in [2.45, 2.75) is 10.1 Å². The number of hydrogen-bond donors (Lipinski definition) is 3. The number of thioether (sulfide) groups is 1. The Morgan fingerprint density at radius 1 is 0.757 bits per heavy atom. The van der Waals surface area contributed by atoms with Crippen molar-refractivity contribution >= 4 is 64.1 Å². The molecular formula is C28H20Cl2N2O4S. The number of nitrogens with one attached hydrogen (secondary N) is 2. The fraction of sp³-hybridized carbons (Fsp3) is 0.0357. The molecule has 0 radical (unpaired) electrons. The number of halogens is 2. The van der Waals surface area contributed by atoms with Crippen LogP contribution in [-0.4, -0.2) is 22.9 Å². The molecule has 4 aromatic rings. The molecule has 0 aliphatic heterocycles. The quantitative estimate of drug-likeness (QED) is 0.198. The van der Waals surface area contributed by atoms with Gasteiger partial charge in [0.1, 0.15) is 5.25 Å². The number of hydrogen-bond acceptors (Lipinski definition) is 4. The van der Waals surface area contributed by atoms with Crippen LogP contribution in [0.4, 0.5) is 11.4 Å². The van der Waals surface area contributed by atoms with Gasteiger partial charge >= 0.3 is 5.97 Å². The molecule has 4 rings (SSSR count). The first-order valence-corrected chi connectivity index (χ1v) is 12.7. The van der Waals surface area contributed by atoms with Crippen LogP contribution in [0.15, 0.2) is 102 Å². The van der Waals surface area contributed by atoms with Crippen molar-refractivity contribution in [3.8, 4) is 0 Å². The maximum Gasteiger partial charge on any atom is 0.337 e. The third kappa shape index (κ3) is 6.92. The molecule has 0 aliphatic rings. The van der Waals surface area contributed by atoms with Gasteiger partial charge < -0.3 is 15.7 Å². The minimum absolute atomic E-state index is 0.0852. The lowest BCUT2D eigenvalue weighted by Gasteiger charge is -2.18. The summed E-state index contributed by atoms with van der Waals surface area (Å²) < 4.78 is 0. The summed E-state index contributed by atoms with van der Waals surface area (Å²) in [6.07, 6.45) is 0. The molecule has 0 fully saturated rings. The second kappa shape index (κ2) is 12.0. The Morgan fingerprint density at radius 3 is 2.14 bits per heavy atom. The highest BCUT2D eigenvalue weighted by molar-refractivity contribution is 8.00. The van der Waals surface area contributed by atoms with Crippen LogP contribution in [0.5, 0.6) is 0 Å². The molecule has 9 heteroatoms. The second-order valence-electron chi connectivity index (χ2n) is 7.89. The molecule has 1 atom stereocenters. The van der Waals surface area contributed by atoms with E-state index in [-0.39, 0.29) is 22.4 Å². The number of carbonyl (C=O) groups excluding carboxylic acids is 2. The van der Waals surface area contributed by atoms with Crippen LogP contribution in [0, 0.1) is 0 Å². The first-order valence-electron chi connectivity index (χ1n) is 11.0. The minimum Gasteiger partial charge on any atom is -0.478 e. The van der Waals surface area contributed by atoms with E-state index in [4.69, 9.17) is 23.2 Å². The monoisotopic (exact) mass is 550 g/mol. The van der Waals surface area contributed by atoms with E-state index in [0.29, 0.717) is 22.0 Å². The molecule has 0 aliphatic carbocycles. The van der Waals surface area contributed by atoms with Crippen LogP contribution < -0.4 is 10.6 Å². The number of anilines is 2. The zero-order chi connectivity index (χ0) is 26.4. The van der Waals surface area contributed by atoms with Gasteiger partial charge in [0.15, 0.2) is 0 Å². The van der Waals surface area contributed by atoms with Gasteiger partial charge in [-0.3, -0.25) is 9.59 Å². The second-order valence-corrected chi connectivity index (χ2v) is 9.91. The van der Waals surface area contributed by atoms with Crippen molar-refractivity contribution < 1.29 is 19.5 Å². The average molecular weight is 551 g/mol. The summed E-state index contributed by atoms with van der Waals surface area (Å²) in [5.41, 5.74) is 2.04. The normalized spacial score (nSPS) is 11.4. The van der Waals surface area contributed by atoms with Gasteiger partial charge in [0.25, 0.3) is 5.91 Å². The summed E-state index contributed by atoms with van der Waals surface area (Å²) in [4.78, 5) is 38.0. The SMILES string of the molecule is O=C(Nc1ccc(SC(C(=O)Nc2ccc(Cl)c(C(=O)O)c2)c2ccccc2)cc1)c1cccc(Cl)c1. The van der Waals surface area contributed by atoms with Gasteiger partial charge in [0, 0.05) is 26.9 Å². The van der Waals surface area contributed by atoms with Gasteiger partial charge in [-0.25, -0.2) is 4.79 Å². The average Bonchev–Trinajstić information content (AvgIpc) is 2.89. The molecule has 2 amide bonds. The highest BCUT2D eigenvalue weighted by atomic mass is 35.5. The Morgan fingerprint density at radius 2 is 1.46 bits per heavy atom. The van der Waals surface area contributed by atoms with E-state index in [1.807, 2.05) is 42.5 Å². The molecule has 37 heavy (non-hydrogen) atoms. The number of carboxylic acids is 1. The first-order chi connectivity index (χ1) is 17.8. The zero-order valence-electron chi connectivity index (χ0n) is 19.2. The van der Waals surface area contributed by atoms with E-state index in [1.165, 1.54) is 23.9 Å². The fourth-order valence-corrected chi connectivity index (χ4v) is 4.87. The summed E-state index contributed by atoms with van der Waals surface area (Å²) in [6, 6.07) is 27.3. The van der Waals surface area contributed by atoms with Gasteiger partial charge in [0.2, 0.25) is 5.91 Å². The number of aromatic carboxylic acids is 1. The lowest BCUT2D eigenvalue weighted by atomic mass is 10.1. The van der Waals surface area contributed by atoms with E-state index in [0.717, 1.165) is 10.5 Å². The molecule has 0 heterocycles. The van der Waals surface area contributed by atoms with Crippen LogP contribution in [-0.2, 0) is 4.79 Å². The van der Waals surface area contributed by atoms with Crippen LogP contribution in [0.25, 0.3) is 0 Å². The Balaban J connectivity index is 1.51. The van der Waals surface area contributed by atoms with Gasteiger partial charge in [0.05, 0.1) is 10.6 Å². The zero-order valence-corrected chi connectivity index (χ0v) is 21.5. The highest BCUT2D eigenvalue weighted by Gasteiger charge is 2.23. The van der Waals surface area contributed by atoms with Crippen molar-refractivity contribution in [2.75, 3.05) is 10.6 Å². The number of carbonyl (C=O) groups is 3. The van der Waals surface area contributed by atoms with Crippen molar-refractivity contribution in [3.05, 3.63) is 124 Å². The summed E-state index contributed by atoms with van der Waals surface area (Å²) in [7, 11) is 0. The van der Waals surface area contributed by atoms with Gasteiger partial charge in [-0.15, -0.1) is 11.8 Å². The number of rotatable bonds is 8. The third-order valence-electron chi connectivity index (χ3n) is 5.26.